The zero-order valence-electron chi connectivity index (χ0n) is 11.3. The van der Waals surface area contributed by atoms with Crippen molar-refractivity contribution >= 4 is 38.2 Å². The van der Waals surface area contributed by atoms with Crippen LogP contribution >= 0.6 is 27.3 Å². The van der Waals surface area contributed by atoms with E-state index in [1.807, 2.05) is 12.3 Å². The highest BCUT2D eigenvalue weighted by molar-refractivity contribution is 9.10. The van der Waals surface area contributed by atoms with E-state index in [1.165, 1.54) is 17.0 Å². The summed E-state index contributed by atoms with van der Waals surface area (Å²) in [4.78, 5) is 1.19. The second kappa shape index (κ2) is 5.88. The molecule has 2 aromatic heterocycles. The molecular weight excluding hydrogens is 355 g/mol. The Kier molecular flexibility index (Phi) is 4.12. The maximum atomic E-state index is 13.4. The summed E-state index contributed by atoms with van der Waals surface area (Å²) in [6.07, 6.45) is 0.718. The van der Waals surface area contributed by atoms with Gasteiger partial charge in [-0.1, -0.05) is 0 Å². The summed E-state index contributed by atoms with van der Waals surface area (Å²) < 4.78 is 20.3. The molecule has 110 valence electrons. The van der Waals surface area contributed by atoms with E-state index in [9.17, 15) is 4.39 Å². The molecule has 3 nitrogen and oxygen atoms in total. The number of aryl methyl sites for hydroxylation is 1. The van der Waals surface area contributed by atoms with Crippen molar-refractivity contribution in [1.29, 1.82) is 0 Å². The normalized spacial score (nSPS) is 13.0. The lowest BCUT2D eigenvalue weighted by Gasteiger charge is -2.13. The molecule has 0 radical (unpaired) electrons. The van der Waals surface area contributed by atoms with Gasteiger partial charge in [0.25, 0.3) is 0 Å². The molecule has 0 fully saturated rings. The summed E-state index contributed by atoms with van der Waals surface area (Å²) in [5, 5.41) is 2.82. The molecule has 1 atom stereocenters. The van der Waals surface area contributed by atoms with Gasteiger partial charge in [0.15, 0.2) is 0 Å². The zero-order chi connectivity index (χ0) is 15.0. The predicted molar refractivity (Wildman–Crippen MR) is 86.7 cm³/mol. The quantitative estimate of drug-likeness (QED) is 0.528. The van der Waals surface area contributed by atoms with Crippen LogP contribution < -0.4 is 11.3 Å². The number of rotatable bonds is 4. The monoisotopic (exact) mass is 368 g/mol. The molecule has 0 bridgehead atoms. The minimum absolute atomic E-state index is 0.147. The molecule has 1 unspecified atom stereocenters. The average Bonchev–Trinajstić information content (AvgIpc) is 3.01. The van der Waals surface area contributed by atoms with Crippen LogP contribution in [0.2, 0.25) is 0 Å². The van der Waals surface area contributed by atoms with Crippen LogP contribution in [-0.2, 0) is 6.42 Å². The maximum Gasteiger partial charge on any atom is 0.134 e. The number of hydrogen-bond donors (Lipinski definition) is 2. The molecule has 21 heavy (non-hydrogen) atoms. The van der Waals surface area contributed by atoms with Gasteiger partial charge in [-0.15, -0.1) is 11.3 Å². The van der Waals surface area contributed by atoms with Gasteiger partial charge in [0.05, 0.1) is 6.04 Å². The van der Waals surface area contributed by atoms with Gasteiger partial charge in [-0.3, -0.25) is 5.84 Å². The van der Waals surface area contributed by atoms with Crippen LogP contribution in [0.15, 0.2) is 38.5 Å². The van der Waals surface area contributed by atoms with Gasteiger partial charge in [0, 0.05) is 32.1 Å². The first kappa shape index (κ1) is 14.7. The lowest BCUT2D eigenvalue weighted by molar-refractivity contribution is 0.433. The summed E-state index contributed by atoms with van der Waals surface area (Å²) in [5.41, 5.74) is 4.39. The van der Waals surface area contributed by atoms with Gasteiger partial charge in [0.2, 0.25) is 0 Å². The van der Waals surface area contributed by atoms with E-state index in [1.54, 1.807) is 17.4 Å². The smallest absolute Gasteiger partial charge is 0.134 e. The number of nitrogens with two attached hydrogens (primary N) is 1. The number of thiophene rings is 1. The van der Waals surface area contributed by atoms with E-state index in [0.29, 0.717) is 5.58 Å². The molecule has 0 spiro atoms. The molecular formula is C15H14BrFN2OS. The van der Waals surface area contributed by atoms with E-state index >= 15 is 0 Å². The molecule has 3 N–H and O–H groups in total. The minimum atomic E-state index is -0.266. The number of benzene rings is 1. The zero-order valence-corrected chi connectivity index (χ0v) is 13.7. The number of nitrogens with one attached hydrogen (secondary N) is 1. The van der Waals surface area contributed by atoms with Crippen LogP contribution in [0.25, 0.3) is 11.0 Å². The third-order valence-corrected chi connectivity index (χ3v) is 5.20. The van der Waals surface area contributed by atoms with Crippen molar-refractivity contribution in [3.63, 3.8) is 0 Å². The highest BCUT2D eigenvalue weighted by Gasteiger charge is 2.20. The number of hydrogen-bond acceptors (Lipinski definition) is 4. The SMILES string of the molecule is Cc1c(C(Cc2cc(Br)cs2)NN)oc2ccc(F)cc12. The fraction of sp³-hybridized carbons (Fsp3) is 0.200. The number of fused-ring (bicyclic) bond motifs is 1. The van der Waals surface area contributed by atoms with Crippen LogP contribution in [0, 0.1) is 12.7 Å². The number of hydrazine groups is 1. The van der Waals surface area contributed by atoms with E-state index in [0.717, 1.165) is 27.6 Å². The molecule has 2 heterocycles. The first-order valence-corrected chi connectivity index (χ1v) is 8.13. The minimum Gasteiger partial charge on any atom is -0.459 e. The highest BCUT2D eigenvalue weighted by atomic mass is 79.9. The van der Waals surface area contributed by atoms with Crippen molar-refractivity contribution in [2.24, 2.45) is 5.84 Å². The molecule has 0 aliphatic carbocycles. The van der Waals surface area contributed by atoms with E-state index < -0.39 is 0 Å². The summed E-state index contributed by atoms with van der Waals surface area (Å²) in [5.74, 6) is 6.18. The Morgan fingerprint density at radius 1 is 1.43 bits per heavy atom. The van der Waals surface area contributed by atoms with Crippen LogP contribution in [-0.4, -0.2) is 0 Å². The van der Waals surface area contributed by atoms with E-state index in [-0.39, 0.29) is 11.9 Å². The maximum absolute atomic E-state index is 13.4. The van der Waals surface area contributed by atoms with Crippen molar-refractivity contribution in [2.45, 2.75) is 19.4 Å². The van der Waals surface area contributed by atoms with E-state index in [4.69, 9.17) is 10.3 Å². The lowest BCUT2D eigenvalue weighted by atomic mass is 10.1. The molecule has 6 heteroatoms. The van der Waals surface area contributed by atoms with Gasteiger partial charge in [0.1, 0.15) is 17.2 Å². The van der Waals surface area contributed by atoms with Crippen molar-refractivity contribution in [3.05, 3.63) is 56.1 Å². The lowest BCUT2D eigenvalue weighted by Crippen LogP contribution is -2.29. The first-order valence-electron chi connectivity index (χ1n) is 6.46. The Bertz CT molecular complexity index is 783. The summed E-state index contributed by atoms with van der Waals surface area (Å²) in [6, 6.07) is 6.46. The molecule has 1 aromatic carbocycles. The van der Waals surface area contributed by atoms with Crippen molar-refractivity contribution in [3.8, 4) is 0 Å². The van der Waals surface area contributed by atoms with E-state index in [2.05, 4.69) is 27.4 Å². The Balaban J connectivity index is 1.98. The van der Waals surface area contributed by atoms with Gasteiger partial charge < -0.3 is 4.42 Å². The Morgan fingerprint density at radius 3 is 2.90 bits per heavy atom. The second-order valence-electron chi connectivity index (χ2n) is 4.89. The molecule has 3 rings (SSSR count). The molecule has 0 saturated carbocycles. The topological polar surface area (TPSA) is 51.2 Å². The van der Waals surface area contributed by atoms with Crippen LogP contribution in [0.1, 0.15) is 22.2 Å². The van der Waals surface area contributed by atoms with Crippen LogP contribution in [0.4, 0.5) is 4.39 Å². The molecule has 0 aliphatic heterocycles. The Hall–Kier alpha value is -1.21. The molecule has 0 saturated heterocycles. The third kappa shape index (κ3) is 2.89. The molecule has 3 aromatic rings. The molecule has 0 aliphatic rings. The number of furan rings is 1. The van der Waals surface area contributed by atoms with Gasteiger partial charge in [-0.05, 0) is 47.1 Å². The Labute approximate surface area is 134 Å². The van der Waals surface area contributed by atoms with Crippen LogP contribution in [0.5, 0.6) is 0 Å². The summed E-state index contributed by atoms with van der Waals surface area (Å²) >= 11 is 5.10. The molecule has 0 amide bonds. The van der Waals surface area contributed by atoms with Crippen molar-refractivity contribution < 1.29 is 8.81 Å². The predicted octanol–water partition coefficient (Wildman–Crippen LogP) is 4.45. The standard InChI is InChI=1S/C15H14BrFN2OS/c1-8-12-5-10(17)2-3-14(12)20-15(8)13(19-18)6-11-4-9(16)7-21-11/h2-5,7,13,19H,6,18H2,1H3. The van der Waals surface area contributed by atoms with Gasteiger partial charge in [-0.25, -0.2) is 9.82 Å². The van der Waals surface area contributed by atoms with Crippen molar-refractivity contribution in [1.82, 2.24) is 5.43 Å². The fourth-order valence-electron chi connectivity index (χ4n) is 2.43. The number of halogens is 2. The first-order chi connectivity index (χ1) is 10.1. The second-order valence-corrected chi connectivity index (χ2v) is 6.80. The summed E-state index contributed by atoms with van der Waals surface area (Å²) in [7, 11) is 0. The Morgan fingerprint density at radius 2 is 2.24 bits per heavy atom. The highest BCUT2D eigenvalue weighted by Crippen LogP contribution is 2.32. The largest absolute Gasteiger partial charge is 0.459 e. The van der Waals surface area contributed by atoms with Gasteiger partial charge >= 0.3 is 0 Å². The van der Waals surface area contributed by atoms with Crippen LogP contribution in [0.3, 0.4) is 0 Å². The van der Waals surface area contributed by atoms with Crippen molar-refractivity contribution in [2.75, 3.05) is 0 Å². The van der Waals surface area contributed by atoms with Gasteiger partial charge in [-0.2, -0.15) is 0 Å². The fourth-order valence-corrected chi connectivity index (χ4v) is 3.93. The third-order valence-electron chi connectivity index (χ3n) is 3.48. The summed E-state index contributed by atoms with van der Waals surface area (Å²) in [6.45, 7) is 1.93. The average molecular weight is 369 g/mol.